The Bertz CT molecular complexity index is 966. The van der Waals surface area contributed by atoms with Crippen LogP contribution in [0.2, 0.25) is 5.02 Å². The van der Waals surface area contributed by atoms with E-state index in [1.165, 1.54) is 16.9 Å². The van der Waals surface area contributed by atoms with Crippen molar-refractivity contribution in [2.75, 3.05) is 18.6 Å². The second kappa shape index (κ2) is 7.14. The van der Waals surface area contributed by atoms with Crippen LogP contribution in [0.4, 0.5) is 5.69 Å². The molecule has 26 heavy (non-hydrogen) atoms. The van der Waals surface area contributed by atoms with Crippen molar-refractivity contribution < 1.29 is 9.53 Å². The van der Waals surface area contributed by atoms with Crippen LogP contribution in [-0.4, -0.2) is 19.6 Å². The minimum Gasteiger partial charge on any atom is -0.493 e. The number of carbonyl (C=O) groups excluding carboxylic acids is 1. The number of fused-ring (bicyclic) bond motifs is 3. The molecule has 2 aromatic carbocycles. The lowest BCUT2D eigenvalue weighted by Gasteiger charge is -2.17. The molecule has 1 amide bonds. The van der Waals surface area contributed by atoms with E-state index in [-0.39, 0.29) is 5.91 Å². The Morgan fingerprint density at radius 3 is 2.77 bits per heavy atom. The molecule has 4 rings (SSSR count). The largest absolute Gasteiger partial charge is 0.493 e. The van der Waals surface area contributed by atoms with E-state index in [2.05, 4.69) is 6.07 Å². The minimum absolute atomic E-state index is 0.0479. The van der Waals surface area contributed by atoms with Gasteiger partial charge in [0.05, 0.1) is 22.2 Å². The SMILES string of the molecule is CN(C(=O)c1cc2c(s1)-c1ccccc1OCCC2)c1ccccc1Cl. The van der Waals surface area contributed by atoms with Gasteiger partial charge in [-0.05, 0) is 48.7 Å². The summed E-state index contributed by atoms with van der Waals surface area (Å²) in [6.45, 7) is 0.690. The molecule has 132 valence electrons. The molecule has 1 aromatic heterocycles. The minimum atomic E-state index is -0.0479. The summed E-state index contributed by atoms with van der Waals surface area (Å²) in [6.07, 6.45) is 1.84. The van der Waals surface area contributed by atoms with Crippen molar-refractivity contribution in [3.63, 3.8) is 0 Å². The van der Waals surface area contributed by atoms with E-state index < -0.39 is 0 Å². The summed E-state index contributed by atoms with van der Waals surface area (Å²) in [7, 11) is 1.76. The molecule has 0 atom stereocenters. The van der Waals surface area contributed by atoms with Gasteiger partial charge in [0.15, 0.2) is 0 Å². The van der Waals surface area contributed by atoms with Gasteiger partial charge >= 0.3 is 0 Å². The Morgan fingerprint density at radius 1 is 1.15 bits per heavy atom. The number of amides is 1. The summed E-state index contributed by atoms with van der Waals surface area (Å²) in [4.78, 5) is 16.5. The third-order valence-electron chi connectivity index (χ3n) is 4.52. The van der Waals surface area contributed by atoms with E-state index in [1.54, 1.807) is 18.0 Å². The fraction of sp³-hybridized carbons (Fsp3) is 0.190. The van der Waals surface area contributed by atoms with Gasteiger partial charge < -0.3 is 9.64 Å². The number of hydrogen-bond acceptors (Lipinski definition) is 3. The Balaban J connectivity index is 1.73. The third kappa shape index (κ3) is 3.11. The molecule has 0 unspecified atom stereocenters. The van der Waals surface area contributed by atoms with Crippen LogP contribution >= 0.6 is 22.9 Å². The highest BCUT2D eigenvalue weighted by Crippen LogP contribution is 2.40. The highest BCUT2D eigenvalue weighted by molar-refractivity contribution is 7.17. The van der Waals surface area contributed by atoms with E-state index >= 15 is 0 Å². The first-order valence-electron chi connectivity index (χ1n) is 8.52. The Kier molecular flexibility index (Phi) is 4.70. The van der Waals surface area contributed by atoms with E-state index in [9.17, 15) is 4.79 Å². The Hall–Kier alpha value is -2.30. The molecule has 0 saturated heterocycles. The molecule has 3 nitrogen and oxygen atoms in total. The van der Waals surface area contributed by atoms with E-state index in [0.29, 0.717) is 22.2 Å². The summed E-state index contributed by atoms with van der Waals surface area (Å²) < 4.78 is 5.88. The fourth-order valence-corrected chi connectivity index (χ4v) is 4.65. The second-order valence-corrected chi connectivity index (χ2v) is 7.69. The lowest BCUT2D eigenvalue weighted by Crippen LogP contribution is -2.25. The molecule has 0 bridgehead atoms. The predicted octanol–water partition coefficient (Wildman–Crippen LogP) is 5.67. The van der Waals surface area contributed by atoms with Gasteiger partial charge in [-0.1, -0.05) is 35.9 Å². The summed E-state index contributed by atoms with van der Waals surface area (Å²) >= 11 is 7.78. The van der Waals surface area contributed by atoms with Crippen LogP contribution in [0, 0.1) is 0 Å². The van der Waals surface area contributed by atoms with Gasteiger partial charge in [-0.3, -0.25) is 4.79 Å². The maximum Gasteiger partial charge on any atom is 0.268 e. The van der Waals surface area contributed by atoms with Gasteiger partial charge in [0.2, 0.25) is 0 Å². The van der Waals surface area contributed by atoms with E-state index in [1.807, 2.05) is 42.5 Å². The van der Waals surface area contributed by atoms with Gasteiger partial charge in [-0.25, -0.2) is 0 Å². The van der Waals surface area contributed by atoms with Crippen molar-refractivity contribution in [3.8, 4) is 16.2 Å². The maximum atomic E-state index is 13.0. The fourth-order valence-electron chi connectivity index (χ4n) is 3.17. The lowest BCUT2D eigenvalue weighted by atomic mass is 10.0. The van der Waals surface area contributed by atoms with Crippen LogP contribution in [-0.2, 0) is 6.42 Å². The van der Waals surface area contributed by atoms with Gasteiger partial charge in [0.1, 0.15) is 5.75 Å². The van der Waals surface area contributed by atoms with E-state index in [4.69, 9.17) is 16.3 Å². The molecule has 0 fully saturated rings. The predicted molar refractivity (Wildman–Crippen MR) is 108 cm³/mol. The normalized spacial score (nSPS) is 13.0. The average molecular weight is 384 g/mol. The highest BCUT2D eigenvalue weighted by atomic mass is 35.5. The van der Waals surface area contributed by atoms with Crippen LogP contribution in [0.1, 0.15) is 21.7 Å². The maximum absolute atomic E-state index is 13.0. The summed E-state index contributed by atoms with van der Waals surface area (Å²) in [5.41, 5.74) is 2.98. The summed E-state index contributed by atoms with van der Waals surface area (Å²) in [5, 5.41) is 0.567. The molecule has 1 aliphatic rings. The number of thiophene rings is 1. The van der Waals surface area contributed by atoms with Crippen LogP contribution in [0.3, 0.4) is 0 Å². The molecule has 2 heterocycles. The van der Waals surface area contributed by atoms with Gasteiger partial charge in [0.25, 0.3) is 5.91 Å². The Labute approximate surface area is 161 Å². The number of anilines is 1. The first-order chi connectivity index (χ1) is 12.6. The number of aryl methyl sites for hydroxylation is 1. The zero-order chi connectivity index (χ0) is 18.1. The second-order valence-electron chi connectivity index (χ2n) is 6.23. The molecular formula is C21H18ClNO2S. The van der Waals surface area contributed by atoms with Crippen molar-refractivity contribution in [2.24, 2.45) is 0 Å². The number of halogens is 1. The number of nitrogens with zero attached hydrogens (tertiary/aromatic N) is 1. The Morgan fingerprint density at radius 2 is 1.92 bits per heavy atom. The summed E-state index contributed by atoms with van der Waals surface area (Å²) in [5.74, 6) is 0.835. The van der Waals surface area contributed by atoms with Crippen molar-refractivity contribution in [1.82, 2.24) is 0 Å². The van der Waals surface area contributed by atoms with Crippen LogP contribution in [0.5, 0.6) is 5.75 Å². The molecule has 0 radical (unpaired) electrons. The zero-order valence-electron chi connectivity index (χ0n) is 14.4. The average Bonchev–Trinajstić information content (AvgIpc) is 3.06. The molecular weight excluding hydrogens is 366 g/mol. The first-order valence-corrected chi connectivity index (χ1v) is 9.72. The topological polar surface area (TPSA) is 29.5 Å². The monoisotopic (exact) mass is 383 g/mol. The number of ether oxygens (including phenoxy) is 1. The first kappa shape index (κ1) is 17.1. The van der Waals surface area contributed by atoms with Crippen LogP contribution < -0.4 is 9.64 Å². The number of carbonyl (C=O) groups is 1. The molecule has 0 spiro atoms. The molecule has 0 saturated carbocycles. The number of hydrogen-bond donors (Lipinski definition) is 0. The van der Waals surface area contributed by atoms with Crippen molar-refractivity contribution >= 4 is 34.5 Å². The molecule has 0 aliphatic carbocycles. The van der Waals surface area contributed by atoms with Crippen molar-refractivity contribution in [2.45, 2.75) is 12.8 Å². The quantitative estimate of drug-likeness (QED) is 0.570. The third-order valence-corrected chi connectivity index (χ3v) is 6.04. The van der Waals surface area contributed by atoms with Gasteiger partial charge in [-0.2, -0.15) is 0 Å². The zero-order valence-corrected chi connectivity index (χ0v) is 15.9. The van der Waals surface area contributed by atoms with Crippen molar-refractivity contribution in [3.05, 3.63) is 70.1 Å². The lowest BCUT2D eigenvalue weighted by molar-refractivity contribution is 0.0997. The van der Waals surface area contributed by atoms with Crippen LogP contribution in [0.15, 0.2) is 54.6 Å². The number of benzene rings is 2. The smallest absolute Gasteiger partial charge is 0.268 e. The molecule has 0 N–H and O–H groups in total. The highest BCUT2D eigenvalue weighted by Gasteiger charge is 2.23. The molecule has 1 aliphatic heterocycles. The van der Waals surface area contributed by atoms with Gasteiger partial charge in [0, 0.05) is 17.5 Å². The summed E-state index contributed by atoms with van der Waals surface area (Å²) in [6, 6.07) is 17.4. The molecule has 5 heteroatoms. The number of rotatable bonds is 2. The van der Waals surface area contributed by atoms with Crippen LogP contribution in [0.25, 0.3) is 10.4 Å². The molecule has 3 aromatic rings. The van der Waals surface area contributed by atoms with E-state index in [0.717, 1.165) is 29.0 Å². The van der Waals surface area contributed by atoms with Crippen molar-refractivity contribution in [1.29, 1.82) is 0 Å². The van der Waals surface area contributed by atoms with Gasteiger partial charge in [-0.15, -0.1) is 11.3 Å². The standard InChI is InChI=1S/C21H18ClNO2S/c1-23(17-10-4-3-9-16(17)22)21(24)19-13-14-7-6-12-25-18-11-5-2-8-15(18)20(14)26-19/h2-5,8-11,13H,6-7,12H2,1H3. The number of para-hydroxylation sites is 2.